The van der Waals surface area contributed by atoms with Crippen molar-refractivity contribution in [3.63, 3.8) is 0 Å². The van der Waals surface area contributed by atoms with Gasteiger partial charge in [0.15, 0.2) is 11.5 Å². The largest absolute Gasteiger partial charge is 0.241 e. The van der Waals surface area contributed by atoms with Gasteiger partial charge in [-0.15, -0.1) is 5.10 Å². The standard InChI is InChI=1S/C18H22N4/c1-2-14-15(3-1)19-10-22-16(14)20-17(21-22)18-7-11-4-12(8-18)6-13(5-11)9-18/h10-13H,1-9H2. The highest BCUT2D eigenvalue weighted by Gasteiger charge is 2.53. The molecule has 0 spiro atoms. The predicted molar refractivity (Wildman–Crippen MR) is 82.7 cm³/mol. The molecule has 2 aromatic heterocycles. The normalized spacial score (nSPS) is 38.8. The lowest BCUT2D eigenvalue weighted by molar-refractivity contribution is -0.00926. The fraction of sp³-hybridized carbons (Fsp3) is 0.722. The first-order valence-corrected chi connectivity index (χ1v) is 9.03. The van der Waals surface area contributed by atoms with Gasteiger partial charge in [0.05, 0.1) is 0 Å². The Kier molecular flexibility index (Phi) is 2.13. The summed E-state index contributed by atoms with van der Waals surface area (Å²) in [6.07, 6.45) is 13.8. The van der Waals surface area contributed by atoms with E-state index >= 15 is 0 Å². The lowest BCUT2D eigenvalue weighted by atomic mass is 9.49. The van der Waals surface area contributed by atoms with Gasteiger partial charge in [-0.25, -0.2) is 14.5 Å². The molecule has 2 heterocycles. The summed E-state index contributed by atoms with van der Waals surface area (Å²) in [7, 11) is 0. The molecular weight excluding hydrogens is 272 g/mol. The van der Waals surface area contributed by atoms with E-state index in [1.54, 1.807) is 0 Å². The average Bonchev–Trinajstić information content (AvgIpc) is 3.12. The van der Waals surface area contributed by atoms with Gasteiger partial charge in [-0.3, -0.25) is 0 Å². The van der Waals surface area contributed by atoms with Crippen LogP contribution in [0.2, 0.25) is 0 Å². The molecule has 7 rings (SSSR count). The maximum Gasteiger partial charge on any atom is 0.162 e. The molecule has 0 radical (unpaired) electrons. The minimum absolute atomic E-state index is 0.298. The first-order chi connectivity index (χ1) is 10.8. The summed E-state index contributed by atoms with van der Waals surface area (Å²) in [5, 5.41) is 4.92. The molecule has 22 heavy (non-hydrogen) atoms. The van der Waals surface area contributed by atoms with Gasteiger partial charge in [-0.2, -0.15) is 0 Å². The monoisotopic (exact) mass is 294 g/mol. The molecule has 4 saturated carbocycles. The molecule has 4 fully saturated rings. The lowest BCUT2D eigenvalue weighted by Crippen LogP contribution is -2.49. The Labute approximate surface area is 130 Å². The van der Waals surface area contributed by atoms with Crippen molar-refractivity contribution < 1.29 is 0 Å². The Bertz CT molecular complexity index is 739. The van der Waals surface area contributed by atoms with Crippen LogP contribution in [0.3, 0.4) is 0 Å². The van der Waals surface area contributed by atoms with Gasteiger partial charge in [0.2, 0.25) is 0 Å². The second kappa shape index (κ2) is 3.90. The molecule has 5 aliphatic carbocycles. The van der Waals surface area contributed by atoms with Crippen LogP contribution in [0.15, 0.2) is 6.33 Å². The second-order valence-corrected chi connectivity index (χ2v) is 8.42. The van der Waals surface area contributed by atoms with Gasteiger partial charge in [0.25, 0.3) is 0 Å². The SMILES string of the molecule is c1nc2c(c3nc(C45CC6CC(CC(C6)C4)C5)nn13)CCC2. The van der Waals surface area contributed by atoms with Crippen molar-refractivity contribution in [2.45, 2.75) is 63.2 Å². The highest BCUT2D eigenvalue weighted by molar-refractivity contribution is 5.51. The number of aryl methyl sites for hydroxylation is 2. The van der Waals surface area contributed by atoms with E-state index in [-0.39, 0.29) is 0 Å². The third-order valence-corrected chi connectivity index (χ3v) is 6.93. The summed E-state index contributed by atoms with van der Waals surface area (Å²) in [5.41, 5.74) is 4.03. The molecule has 5 aliphatic rings. The zero-order valence-electron chi connectivity index (χ0n) is 13.0. The molecule has 0 unspecified atom stereocenters. The molecule has 2 aromatic rings. The maximum absolute atomic E-state index is 5.09. The van der Waals surface area contributed by atoms with Gasteiger partial charge in [-0.1, -0.05) is 0 Å². The number of fused-ring (bicyclic) bond motifs is 3. The van der Waals surface area contributed by atoms with Crippen LogP contribution in [-0.2, 0) is 18.3 Å². The van der Waals surface area contributed by atoms with Crippen LogP contribution in [0.1, 0.15) is 62.0 Å². The van der Waals surface area contributed by atoms with E-state index in [0.29, 0.717) is 5.41 Å². The average molecular weight is 294 g/mol. The van der Waals surface area contributed by atoms with Crippen molar-refractivity contribution in [1.82, 2.24) is 19.6 Å². The molecule has 114 valence electrons. The number of hydrogen-bond donors (Lipinski definition) is 0. The van der Waals surface area contributed by atoms with Crippen LogP contribution < -0.4 is 0 Å². The number of aromatic nitrogens is 4. The molecular formula is C18H22N4. The van der Waals surface area contributed by atoms with E-state index in [1.807, 2.05) is 10.8 Å². The lowest BCUT2D eigenvalue weighted by Gasteiger charge is -2.55. The number of rotatable bonds is 1. The predicted octanol–water partition coefficient (Wildman–Crippen LogP) is 3.08. The summed E-state index contributed by atoms with van der Waals surface area (Å²) in [6, 6.07) is 0. The summed E-state index contributed by atoms with van der Waals surface area (Å²) >= 11 is 0. The molecule has 0 saturated heterocycles. The van der Waals surface area contributed by atoms with Crippen LogP contribution >= 0.6 is 0 Å². The Hall–Kier alpha value is -1.45. The third-order valence-electron chi connectivity index (χ3n) is 6.93. The second-order valence-electron chi connectivity index (χ2n) is 8.42. The van der Waals surface area contributed by atoms with Crippen LogP contribution in [0.25, 0.3) is 5.65 Å². The Morgan fingerprint density at radius 3 is 2.45 bits per heavy atom. The molecule has 0 amide bonds. The van der Waals surface area contributed by atoms with Gasteiger partial charge in [0, 0.05) is 16.7 Å². The molecule has 4 heteroatoms. The smallest absolute Gasteiger partial charge is 0.162 e. The first-order valence-electron chi connectivity index (χ1n) is 9.03. The summed E-state index contributed by atoms with van der Waals surface area (Å²) < 4.78 is 1.97. The molecule has 0 aliphatic heterocycles. The zero-order valence-corrected chi connectivity index (χ0v) is 13.0. The van der Waals surface area contributed by atoms with E-state index in [4.69, 9.17) is 10.1 Å². The van der Waals surface area contributed by atoms with Crippen LogP contribution in [0, 0.1) is 17.8 Å². The maximum atomic E-state index is 5.09. The van der Waals surface area contributed by atoms with Crippen LogP contribution in [-0.4, -0.2) is 19.6 Å². The molecule has 4 bridgehead atoms. The fourth-order valence-corrected chi connectivity index (χ4v) is 6.45. The first kappa shape index (κ1) is 12.0. The van der Waals surface area contributed by atoms with Crippen LogP contribution in [0.5, 0.6) is 0 Å². The highest BCUT2D eigenvalue weighted by Crippen LogP contribution is 2.60. The van der Waals surface area contributed by atoms with Crippen LogP contribution in [0.4, 0.5) is 0 Å². The molecule has 0 N–H and O–H groups in total. The molecule has 4 nitrogen and oxygen atoms in total. The van der Waals surface area contributed by atoms with Crippen molar-refractivity contribution in [2.75, 3.05) is 0 Å². The third kappa shape index (κ3) is 1.46. The Morgan fingerprint density at radius 1 is 1.00 bits per heavy atom. The van der Waals surface area contributed by atoms with Crippen molar-refractivity contribution in [3.8, 4) is 0 Å². The van der Waals surface area contributed by atoms with E-state index in [1.165, 1.54) is 56.2 Å². The van der Waals surface area contributed by atoms with Crippen molar-refractivity contribution >= 4 is 5.65 Å². The van der Waals surface area contributed by atoms with E-state index in [2.05, 4.69) is 4.98 Å². The quantitative estimate of drug-likeness (QED) is 0.812. The fourth-order valence-electron chi connectivity index (χ4n) is 6.45. The summed E-state index contributed by atoms with van der Waals surface area (Å²) in [5.74, 6) is 3.99. The van der Waals surface area contributed by atoms with E-state index in [9.17, 15) is 0 Å². The van der Waals surface area contributed by atoms with Gasteiger partial charge < -0.3 is 0 Å². The minimum atomic E-state index is 0.298. The van der Waals surface area contributed by atoms with Gasteiger partial charge in [0.1, 0.15) is 6.33 Å². The van der Waals surface area contributed by atoms with Gasteiger partial charge in [-0.05, 0) is 75.5 Å². The van der Waals surface area contributed by atoms with Crippen molar-refractivity contribution in [2.24, 2.45) is 17.8 Å². The minimum Gasteiger partial charge on any atom is -0.241 e. The summed E-state index contributed by atoms with van der Waals surface area (Å²) in [6.45, 7) is 0. The number of nitrogens with zero attached hydrogens (tertiary/aromatic N) is 4. The van der Waals surface area contributed by atoms with E-state index < -0.39 is 0 Å². The Balaban J connectivity index is 1.51. The zero-order chi connectivity index (χ0) is 14.3. The Morgan fingerprint density at radius 2 is 1.73 bits per heavy atom. The topological polar surface area (TPSA) is 43.1 Å². The van der Waals surface area contributed by atoms with Crippen molar-refractivity contribution in [1.29, 1.82) is 0 Å². The van der Waals surface area contributed by atoms with E-state index in [0.717, 1.165) is 42.1 Å². The van der Waals surface area contributed by atoms with Crippen molar-refractivity contribution in [3.05, 3.63) is 23.4 Å². The van der Waals surface area contributed by atoms with Gasteiger partial charge >= 0.3 is 0 Å². The molecule has 0 atom stereocenters. The highest BCUT2D eigenvalue weighted by atomic mass is 15.3. The molecule has 0 aromatic carbocycles. The summed E-state index contributed by atoms with van der Waals surface area (Å²) in [4.78, 5) is 9.69. The number of hydrogen-bond acceptors (Lipinski definition) is 3.